The molecule has 0 atom stereocenters. The van der Waals surface area contributed by atoms with Crippen molar-refractivity contribution in [3.8, 4) is 0 Å². The molecule has 0 aliphatic heterocycles. The molecule has 16 heavy (non-hydrogen) atoms. The van der Waals surface area contributed by atoms with Crippen LogP contribution in [0.5, 0.6) is 0 Å². The molecule has 0 aromatic carbocycles. The van der Waals surface area contributed by atoms with Gasteiger partial charge >= 0.3 is 0 Å². The van der Waals surface area contributed by atoms with E-state index in [9.17, 15) is 4.79 Å². The Bertz CT molecular complexity index is 503. The van der Waals surface area contributed by atoms with Gasteiger partial charge in [0.25, 0.3) is 5.91 Å². The van der Waals surface area contributed by atoms with E-state index in [2.05, 4.69) is 29.2 Å². The van der Waals surface area contributed by atoms with E-state index in [1.54, 1.807) is 24.5 Å². The second-order valence-corrected chi connectivity index (χ2v) is 4.04. The van der Waals surface area contributed by atoms with Crippen LogP contribution in [0.1, 0.15) is 24.3 Å². The van der Waals surface area contributed by atoms with Crippen LogP contribution in [0.2, 0.25) is 0 Å². The van der Waals surface area contributed by atoms with Gasteiger partial charge in [-0.3, -0.25) is 4.79 Å². The Kier molecular flexibility index (Phi) is 2.85. The zero-order chi connectivity index (χ0) is 11.5. The van der Waals surface area contributed by atoms with Crippen LogP contribution in [-0.2, 0) is 0 Å². The molecule has 0 bridgehead atoms. The summed E-state index contributed by atoms with van der Waals surface area (Å²) in [6.45, 7) is 4.76. The largest absolute Gasteiger partial charge is 0.350 e. The van der Waals surface area contributed by atoms with Crippen molar-refractivity contribution in [3.05, 3.63) is 30.2 Å². The number of hydrogen-bond acceptors (Lipinski definition) is 3. The van der Waals surface area contributed by atoms with Gasteiger partial charge in [0.05, 0.1) is 6.20 Å². The lowest BCUT2D eigenvalue weighted by Gasteiger charge is -2.08. The van der Waals surface area contributed by atoms with Crippen LogP contribution >= 0.6 is 0 Å². The van der Waals surface area contributed by atoms with E-state index < -0.39 is 0 Å². The van der Waals surface area contributed by atoms with Crippen molar-refractivity contribution in [1.29, 1.82) is 0 Å². The number of fused-ring (bicyclic) bond motifs is 1. The van der Waals surface area contributed by atoms with Gasteiger partial charge in [0.2, 0.25) is 0 Å². The highest BCUT2D eigenvalue weighted by Gasteiger charge is 2.10. The topological polar surface area (TPSA) is 59.3 Å². The summed E-state index contributed by atoms with van der Waals surface area (Å²) in [5, 5.41) is 6.91. The molecule has 0 aliphatic rings. The van der Waals surface area contributed by atoms with Crippen molar-refractivity contribution < 1.29 is 4.79 Å². The summed E-state index contributed by atoms with van der Waals surface area (Å²) >= 11 is 0. The molecule has 0 aliphatic carbocycles. The summed E-state index contributed by atoms with van der Waals surface area (Å²) in [5.74, 6) is 0.309. The van der Waals surface area contributed by atoms with Crippen molar-refractivity contribution in [3.63, 3.8) is 0 Å². The second-order valence-electron chi connectivity index (χ2n) is 4.04. The van der Waals surface area contributed by atoms with E-state index >= 15 is 0 Å². The third-order valence-electron chi connectivity index (χ3n) is 2.19. The van der Waals surface area contributed by atoms with E-state index in [-0.39, 0.29) is 5.91 Å². The smallest absolute Gasteiger partial charge is 0.270 e. The molecule has 0 saturated carbocycles. The lowest BCUT2D eigenvalue weighted by atomic mass is 10.2. The van der Waals surface area contributed by atoms with Crippen molar-refractivity contribution in [2.24, 2.45) is 5.92 Å². The molecule has 0 fully saturated rings. The van der Waals surface area contributed by atoms with Crippen LogP contribution in [0.3, 0.4) is 0 Å². The molecule has 2 aromatic rings. The number of nitrogens with one attached hydrogen (secondary N) is 1. The Labute approximate surface area is 93.5 Å². The molecule has 0 radical (unpaired) electrons. The van der Waals surface area contributed by atoms with Gasteiger partial charge in [-0.25, -0.2) is 9.50 Å². The van der Waals surface area contributed by atoms with Gasteiger partial charge in [-0.15, -0.1) is 0 Å². The molecule has 0 saturated heterocycles. The summed E-state index contributed by atoms with van der Waals surface area (Å²) < 4.78 is 1.54. The Balaban J connectivity index is 2.25. The van der Waals surface area contributed by atoms with Crippen LogP contribution in [0.4, 0.5) is 0 Å². The predicted molar refractivity (Wildman–Crippen MR) is 60.2 cm³/mol. The number of carbonyl (C=O) groups is 1. The minimum atomic E-state index is -0.121. The Morgan fingerprint density at radius 1 is 1.44 bits per heavy atom. The van der Waals surface area contributed by atoms with Gasteiger partial charge in [0.1, 0.15) is 5.69 Å². The number of carbonyl (C=O) groups excluding carboxylic acids is 1. The molecule has 1 N–H and O–H groups in total. The summed E-state index contributed by atoms with van der Waals surface area (Å²) in [7, 11) is 0. The third-order valence-corrected chi connectivity index (χ3v) is 2.19. The molecule has 0 spiro atoms. The molecule has 2 aromatic heterocycles. The normalized spacial score (nSPS) is 10.9. The van der Waals surface area contributed by atoms with Gasteiger partial charge < -0.3 is 5.32 Å². The fraction of sp³-hybridized carbons (Fsp3) is 0.364. The van der Waals surface area contributed by atoms with Gasteiger partial charge in [-0.2, -0.15) is 5.10 Å². The minimum absolute atomic E-state index is 0.121. The average molecular weight is 218 g/mol. The second kappa shape index (κ2) is 4.30. The fourth-order valence-electron chi connectivity index (χ4n) is 1.39. The number of rotatable bonds is 3. The molecule has 2 heterocycles. The predicted octanol–water partition coefficient (Wildman–Crippen LogP) is 1.12. The van der Waals surface area contributed by atoms with E-state index in [0.717, 1.165) is 0 Å². The maximum absolute atomic E-state index is 11.9. The van der Waals surface area contributed by atoms with Crippen molar-refractivity contribution in [2.45, 2.75) is 13.8 Å². The van der Waals surface area contributed by atoms with Gasteiger partial charge in [-0.05, 0) is 12.0 Å². The summed E-state index contributed by atoms with van der Waals surface area (Å²) in [6, 6.07) is 3.43. The molecule has 84 valence electrons. The van der Waals surface area contributed by atoms with Crippen molar-refractivity contribution in [1.82, 2.24) is 19.9 Å². The molecular weight excluding hydrogens is 204 g/mol. The highest BCUT2D eigenvalue weighted by molar-refractivity contribution is 5.92. The third kappa shape index (κ3) is 2.03. The van der Waals surface area contributed by atoms with E-state index in [4.69, 9.17) is 0 Å². The Morgan fingerprint density at radius 3 is 3.00 bits per heavy atom. The average Bonchev–Trinajstić information content (AvgIpc) is 2.73. The molecular formula is C11H14N4O. The van der Waals surface area contributed by atoms with Gasteiger partial charge in [0, 0.05) is 18.8 Å². The van der Waals surface area contributed by atoms with Gasteiger partial charge in [-0.1, -0.05) is 13.8 Å². The highest BCUT2D eigenvalue weighted by Crippen LogP contribution is 2.03. The van der Waals surface area contributed by atoms with E-state index in [1.807, 2.05) is 0 Å². The van der Waals surface area contributed by atoms with Crippen LogP contribution in [-0.4, -0.2) is 27.0 Å². The Morgan fingerprint density at radius 2 is 2.25 bits per heavy atom. The first-order valence-corrected chi connectivity index (χ1v) is 5.25. The number of nitrogens with zero attached hydrogens (tertiary/aromatic N) is 3. The van der Waals surface area contributed by atoms with Crippen LogP contribution in [0.25, 0.3) is 5.65 Å². The maximum Gasteiger partial charge on any atom is 0.270 e. The summed E-state index contributed by atoms with van der Waals surface area (Å²) in [5.41, 5.74) is 1.19. The minimum Gasteiger partial charge on any atom is -0.350 e. The van der Waals surface area contributed by atoms with Crippen molar-refractivity contribution >= 4 is 11.6 Å². The first-order chi connectivity index (χ1) is 7.68. The quantitative estimate of drug-likeness (QED) is 0.839. The molecule has 0 unspecified atom stereocenters. The Hall–Kier alpha value is -1.91. The van der Waals surface area contributed by atoms with Crippen LogP contribution < -0.4 is 5.32 Å². The van der Waals surface area contributed by atoms with E-state index in [1.165, 1.54) is 4.52 Å². The zero-order valence-electron chi connectivity index (χ0n) is 9.34. The first kappa shape index (κ1) is 10.6. The van der Waals surface area contributed by atoms with Crippen LogP contribution in [0, 0.1) is 5.92 Å². The monoisotopic (exact) mass is 218 g/mol. The molecule has 5 nitrogen and oxygen atoms in total. The van der Waals surface area contributed by atoms with E-state index in [0.29, 0.717) is 23.8 Å². The molecule has 2 rings (SSSR count). The summed E-state index contributed by atoms with van der Waals surface area (Å²) in [6.07, 6.45) is 3.24. The highest BCUT2D eigenvalue weighted by atomic mass is 16.1. The fourth-order valence-corrected chi connectivity index (χ4v) is 1.39. The standard InChI is InChI=1S/C11H14N4O/c1-8(2)7-13-11(16)9-3-5-12-10-4-6-14-15(9)10/h3-6,8H,7H2,1-2H3,(H,13,16). The zero-order valence-corrected chi connectivity index (χ0v) is 9.34. The first-order valence-electron chi connectivity index (χ1n) is 5.25. The number of aromatic nitrogens is 3. The number of hydrogen-bond donors (Lipinski definition) is 1. The maximum atomic E-state index is 11.9. The lowest BCUT2D eigenvalue weighted by Crippen LogP contribution is -2.29. The summed E-state index contributed by atoms with van der Waals surface area (Å²) in [4.78, 5) is 16.0. The molecule has 1 amide bonds. The molecule has 5 heteroatoms. The van der Waals surface area contributed by atoms with Gasteiger partial charge in [0.15, 0.2) is 5.65 Å². The SMILES string of the molecule is CC(C)CNC(=O)c1ccnc2ccnn12. The van der Waals surface area contributed by atoms with Crippen LogP contribution in [0.15, 0.2) is 24.5 Å². The van der Waals surface area contributed by atoms with Crippen molar-refractivity contribution in [2.75, 3.05) is 6.54 Å². The number of amides is 1. The lowest BCUT2D eigenvalue weighted by molar-refractivity contribution is 0.0941.